The predicted octanol–water partition coefficient (Wildman–Crippen LogP) is 2.52. The van der Waals surface area contributed by atoms with Crippen LogP contribution < -0.4 is 4.74 Å². The minimum Gasteiger partial charge on any atom is -0.491 e. The highest BCUT2D eigenvalue weighted by atomic mass is 16.5. The molecule has 2 aromatic rings. The van der Waals surface area contributed by atoms with Gasteiger partial charge < -0.3 is 14.9 Å². The van der Waals surface area contributed by atoms with Crippen LogP contribution in [0.1, 0.15) is 55.8 Å². The Morgan fingerprint density at radius 1 is 1.29 bits per heavy atom. The molecule has 0 bridgehead atoms. The zero-order valence-electron chi connectivity index (χ0n) is 16.0. The number of carboxylic acids is 1. The lowest BCUT2D eigenvalue weighted by Gasteiger charge is -2.26. The van der Waals surface area contributed by atoms with Gasteiger partial charge in [-0.15, -0.1) is 5.10 Å². The molecule has 2 N–H and O–H groups in total. The summed E-state index contributed by atoms with van der Waals surface area (Å²) >= 11 is 0. The fourth-order valence-corrected chi connectivity index (χ4v) is 3.99. The molecule has 0 amide bonds. The maximum absolute atomic E-state index is 11.3. The van der Waals surface area contributed by atoms with Gasteiger partial charge in [-0.3, -0.25) is 4.79 Å². The number of aliphatic carboxylic acids is 1. The van der Waals surface area contributed by atoms with Crippen molar-refractivity contribution in [3.63, 3.8) is 0 Å². The van der Waals surface area contributed by atoms with Gasteiger partial charge in [-0.1, -0.05) is 11.6 Å². The van der Waals surface area contributed by atoms with Crippen molar-refractivity contribution >= 4 is 5.97 Å². The molecule has 4 rings (SSSR count). The van der Waals surface area contributed by atoms with Crippen LogP contribution in [-0.4, -0.2) is 42.8 Å². The van der Waals surface area contributed by atoms with Gasteiger partial charge in [-0.25, -0.2) is 9.67 Å². The molecule has 2 fully saturated rings. The molecule has 28 heavy (non-hydrogen) atoms. The minimum absolute atomic E-state index is 0.149. The molecule has 2 heterocycles. The summed E-state index contributed by atoms with van der Waals surface area (Å²) < 4.78 is 7.67. The van der Waals surface area contributed by atoms with Crippen molar-refractivity contribution in [1.29, 1.82) is 0 Å². The zero-order chi connectivity index (χ0) is 19.7. The molecule has 0 saturated heterocycles. The van der Waals surface area contributed by atoms with Crippen LogP contribution >= 0.6 is 0 Å². The van der Waals surface area contributed by atoms with Crippen LogP contribution in [0.25, 0.3) is 11.4 Å². The largest absolute Gasteiger partial charge is 0.491 e. The fraction of sp³-hybridized carbons (Fsp3) is 0.600. The number of carbonyl (C=O) groups is 1. The number of aliphatic hydroxyl groups is 1. The van der Waals surface area contributed by atoms with E-state index in [4.69, 9.17) is 9.72 Å². The Morgan fingerprint density at radius 2 is 2.11 bits per heavy atom. The molecule has 2 aromatic heterocycles. The van der Waals surface area contributed by atoms with Crippen molar-refractivity contribution < 1.29 is 19.7 Å². The lowest BCUT2D eigenvalue weighted by molar-refractivity contribution is -0.143. The second kappa shape index (κ2) is 7.87. The number of aromatic nitrogens is 4. The predicted molar refractivity (Wildman–Crippen MR) is 101 cm³/mol. The van der Waals surface area contributed by atoms with Crippen molar-refractivity contribution in [2.45, 2.75) is 51.0 Å². The minimum atomic E-state index is -0.696. The van der Waals surface area contributed by atoms with Gasteiger partial charge in [0.15, 0.2) is 0 Å². The van der Waals surface area contributed by atoms with E-state index in [1.165, 1.54) is 0 Å². The average Bonchev–Trinajstić information content (AvgIpc) is 3.48. The van der Waals surface area contributed by atoms with E-state index in [9.17, 15) is 15.0 Å². The Balaban J connectivity index is 1.51. The van der Waals surface area contributed by atoms with Gasteiger partial charge in [0.25, 0.3) is 0 Å². The van der Waals surface area contributed by atoms with Crippen molar-refractivity contribution in [2.75, 3.05) is 6.61 Å². The quantitative estimate of drug-likeness (QED) is 0.752. The second-order valence-corrected chi connectivity index (χ2v) is 7.90. The van der Waals surface area contributed by atoms with E-state index in [2.05, 4.69) is 10.3 Å². The topological polar surface area (TPSA) is 110 Å². The van der Waals surface area contributed by atoms with E-state index in [0.717, 1.165) is 43.5 Å². The third kappa shape index (κ3) is 3.87. The number of nitrogens with zero attached hydrogens (tertiary/aromatic N) is 4. The highest BCUT2D eigenvalue weighted by molar-refractivity contribution is 5.70. The molecule has 0 radical (unpaired) electrons. The number of carboxylic acid groups (broad SMARTS) is 1. The molecule has 8 heteroatoms. The molecule has 0 spiro atoms. The summed E-state index contributed by atoms with van der Waals surface area (Å²) in [5, 5.41) is 27.0. The van der Waals surface area contributed by atoms with Gasteiger partial charge in [0, 0.05) is 13.0 Å². The summed E-state index contributed by atoms with van der Waals surface area (Å²) in [7, 11) is 1.75. The third-order valence-electron chi connectivity index (χ3n) is 5.79. The van der Waals surface area contributed by atoms with Gasteiger partial charge in [-0.2, -0.15) is 0 Å². The van der Waals surface area contributed by atoms with Crippen LogP contribution in [0.15, 0.2) is 12.1 Å². The Bertz CT molecular complexity index is 862. The van der Waals surface area contributed by atoms with Crippen LogP contribution in [-0.2, 0) is 18.4 Å². The molecule has 2 atom stereocenters. The molecule has 150 valence electrons. The SMILES string of the molecule is Cn1nnc(-c2ccc(OC[C@H]3CCC[C@H](C(=O)O)C3)c(C3CC3)n2)c1CO. The van der Waals surface area contributed by atoms with Gasteiger partial charge in [-0.05, 0) is 50.2 Å². The lowest BCUT2D eigenvalue weighted by atomic mass is 9.82. The van der Waals surface area contributed by atoms with Crippen molar-refractivity contribution in [1.82, 2.24) is 20.0 Å². The Labute approximate surface area is 163 Å². The summed E-state index contributed by atoms with van der Waals surface area (Å²) in [6.45, 7) is 0.376. The van der Waals surface area contributed by atoms with Crippen LogP contribution in [0, 0.1) is 11.8 Å². The van der Waals surface area contributed by atoms with E-state index in [-0.39, 0.29) is 18.4 Å². The number of hydrogen-bond donors (Lipinski definition) is 2. The summed E-state index contributed by atoms with van der Waals surface area (Å²) in [5.41, 5.74) is 2.84. The fourth-order valence-electron chi connectivity index (χ4n) is 3.99. The second-order valence-electron chi connectivity index (χ2n) is 7.90. The van der Waals surface area contributed by atoms with Crippen LogP contribution in [0.4, 0.5) is 0 Å². The number of ether oxygens (including phenoxy) is 1. The summed E-state index contributed by atoms with van der Waals surface area (Å²) in [6, 6.07) is 3.77. The smallest absolute Gasteiger partial charge is 0.306 e. The lowest BCUT2D eigenvalue weighted by Crippen LogP contribution is -2.26. The van der Waals surface area contributed by atoms with Crippen molar-refractivity contribution in [2.24, 2.45) is 18.9 Å². The van der Waals surface area contributed by atoms with E-state index >= 15 is 0 Å². The Morgan fingerprint density at radius 3 is 2.82 bits per heavy atom. The van der Waals surface area contributed by atoms with E-state index in [1.54, 1.807) is 11.7 Å². The first-order valence-electron chi connectivity index (χ1n) is 9.93. The van der Waals surface area contributed by atoms with Gasteiger partial charge in [0.1, 0.15) is 11.4 Å². The molecular weight excluding hydrogens is 360 g/mol. The molecule has 2 saturated carbocycles. The Hall–Kier alpha value is -2.48. The molecular formula is C20H26N4O4. The monoisotopic (exact) mass is 386 g/mol. The molecule has 0 aromatic carbocycles. The number of aliphatic hydroxyl groups excluding tert-OH is 1. The summed E-state index contributed by atoms with van der Waals surface area (Å²) in [5.74, 6) is 0.486. The molecule has 2 aliphatic carbocycles. The van der Waals surface area contributed by atoms with E-state index in [0.29, 0.717) is 36.0 Å². The molecule has 0 aliphatic heterocycles. The average molecular weight is 386 g/mol. The first kappa shape index (κ1) is 18.9. The zero-order valence-corrected chi connectivity index (χ0v) is 16.0. The standard InChI is InChI=1S/C20H26N4O4/c1-24-16(10-25)19(22-23-24)15-7-8-17(18(21-15)13-5-6-13)28-11-12-3-2-4-14(9-12)20(26)27/h7-8,12-14,25H,2-6,9-11H2,1H3,(H,26,27)/t12-,14-/m0/s1. The summed E-state index contributed by atoms with van der Waals surface area (Å²) in [6.07, 6.45) is 5.57. The first-order chi connectivity index (χ1) is 13.6. The Kier molecular flexibility index (Phi) is 5.30. The van der Waals surface area contributed by atoms with Gasteiger partial charge in [0.2, 0.25) is 0 Å². The molecule has 0 unspecified atom stereocenters. The highest BCUT2D eigenvalue weighted by Crippen LogP contribution is 2.44. The van der Waals surface area contributed by atoms with Gasteiger partial charge in [0.05, 0.1) is 36.2 Å². The molecule has 8 nitrogen and oxygen atoms in total. The number of pyridine rings is 1. The number of rotatable bonds is 7. The third-order valence-corrected chi connectivity index (χ3v) is 5.79. The first-order valence-corrected chi connectivity index (χ1v) is 9.93. The maximum atomic E-state index is 11.3. The summed E-state index contributed by atoms with van der Waals surface area (Å²) in [4.78, 5) is 16.1. The molecule has 2 aliphatic rings. The van der Waals surface area contributed by atoms with Crippen molar-refractivity contribution in [3.05, 3.63) is 23.5 Å². The van der Waals surface area contributed by atoms with Crippen LogP contribution in [0.3, 0.4) is 0 Å². The van der Waals surface area contributed by atoms with Crippen LogP contribution in [0.5, 0.6) is 5.75 Å². The highest BCUT2D eigenvalue weighted by Gasteiger charge is 2.31. The van der Waals surface area contributed by atoms with E-state index in [1.807, 2.05) is 12.1 Å². The van der Waals surface area contributed by atoms with Crippen LogP contribution in [0.2, 0.25) is 0 Å². The van der Waals surface area contributed by atoms with Crippen molar-refractivity contribution in [3.8, 4) is 17.1 Å². The number of hydrogen-bond acceptors (Lipinski definition) is 6. The van der Waals surface area contributed by atoms with E-state index < -0.39 is 5.97 Å². The normalized spacial score (nSPS) is 22.2. The number of aryl methyl sites for hydroxylation is 1. The van der Waals surface area contributed by atoms with Gasteiger partial charge >= 0.3 is 5.97 Å². The maximum Gasteiger partial charge on any atom is 0.306 e.